The zero-order valence-electron chi connectivity index (χ0n) is 13.8. The first-order valence-corrected chi connectivity index (χ1v) is 8.29. The molecule has 1 heterocycles. The molecule has 0 N–H and O–H groups in total. The van der Waals surface area contributed by atoms with Gasteiger partial charge in [0.1, 0.15) is 0 Å². The van der Waals surface area contributed by atoms with Crippen LogP contribution in [0.25, 0.3) is 0 Å². The highest BCUT2D eigenvalue weighted by molar-refractivity contribution is 5.95. The van der Waals surface area contributed by atoms with E-state index in [0.29, 0.717) is 37.8 Å². The van der Waals surface area contributed by atoms with E-state index >= 15 is 0 Å². The fraction of sp³-hybridized carbons (Fsp3) is 0.316. The summed E-state index contributed by atoms with van der Waals surface area (Å²) in [6, 6.07) is 15.9. The van der Waals surface area contributed by atoms with Gasteiger partial charge in [-0.25, -0.2) is 0 Å². The van der Waals surface area contributed by atoms with Gasteiger partial charge in [-0.15, -0.1) is 0 Å². The third kappa shape index (κ3) is 4.42. The lowest BCUT2D eigenvalue weighted by atomic mass is 10.1. The van der Waals surface area contributed by atoms with Crippen molar-refractivity contribution < 1.29 is 14.5 Å². The fourth-order valence-corrected chi connectivity index (χ4v) is 3.01. The quantitative estimate of drug-likeness (QED) is 0.597. The first-order chi connectivity index (χ1) is 12.1. The van der Waals surface area contributed by atoms with Gasteiger partial charge in [0.15, 0.2) is 0 Å². The van der Waals surface area contributed by atoms with Gasteiger partial charge < -0.3 is 9.64 Å². The number of nitrogens with zero attached hydrogens (tertiary/aromatic N) is 2. The molecule has 0 unspecified atom stereocenters. The van der Waals surface area contributed by atoms with E-state index in [4.69, 9.17) is 4.74 Å². The van der Waals surface area contributed by atoms with E-state index in [0.717, 1.165) is 12.0 Å². The summed E-state index contributed by atoms with van der Waals surface area (Å²) in [4.78, 5) is 24.6. The Morgan fingerprint density at radius 1 is 1.20 bits per heavy atom. The lowest BCUT2D eigenvalue weighted by Gasteiger charge is -2.16. The Labute approximate surface area is 146 Å². The Balaban J connectivity index is 1.51. The number of hydrogen-bond donors (Lipinski definition) is 0. The van der Waals surface area contributed by atoms with Crippen LogP contribution in [0.3, 0.4) is 0 Å². The van der Waals surface area contributed by atoms with Crippen molar-refractivity contribution in [3.05, 3.63) is 75.8 Å². The predicted molar refractivity (Wildman–Crippen MR) is 93.2 cm³/mol. The molecular formula is C19H20N2O4. The van der Waals surface area contributed by atoms with E-state index in [-0.39, 0.29) is 11.6 Å². The fourth-order valence-electron chi connectivity index (χ4n) is 3.01. The molecule has 6 nitrogen and oxygen atoms in total. The maximum Gasteiger partial charge on any atom is 0.270 e. The van der Waals surface area contributed by atoms with Crippen LogP contribution >= 0.6 is 0 Å². The van der Waals surface area contributed by atoms with Gasteiger partial charge in [0, 0.05) is 36.7 Å². The first kappa shape index (κ1) is 17.1. The van der Waals surface area contributed by atoms with Crippen molar-refractivity contribution in [2.45, 2.75) is 13.0 Å². The molecule has 6 heteroatoms. The summed E-state index contributed by atoms with van der Waals surface area (Å²) in [6.45, 7) is 2.45. The van der Waals surface area contributed by atoms with Crippen molar-refractivity contribution in [3.63, 3.8) is 0 Å². The maximum atomic E-state index is 12.5. The minimum Gasteiger partial charge on any atom is -0.376 e. The Morgan fingerprint density at radius 2 is 2.00 bits per heavy atom. The monoisotopic (exact) mass is 340 g/mol. The summed E-state index contributed by atoms with van der Waals surface area (Å²) in [5, 5.41) is 10.8. The Kier molecular flexibility index (Phi) is 5.40. The van der Waals surface area contributed by atoms with Crippen LogP contribution in [0.15, 0.2) is 54.6 Å². The number of nitro benzene ring substituents is 1. The number of carbonyl (C=O) groups excluding carboxylic acids is 1. The van der Waals surface area contributed by atoms with Crippen molar-refractivity contribution in [1.29, 1.82) is 0 Å². The molecule has 2 aromatic rings. The molecule has 1 amide bonds. The number of likely N-dealkylation sites (tertiary alicyclic amines) is 1. The molecule has 0 aliphatic carbocycles. The number of nitro groups is 1. The minimum absolute atomic E-state index is 0.0622. The van der Waals surface area contributed by atoms with Gasteiger partial charge in [0.2, 0.25) is 0 Å². The summed E-state index contributed by atoms with van der Waals surface area (Å²) < 4.78 is 5.76. The predicted octanol–water partition coefficient (Wildman–Crippen LogP) is 3.27. The van der Waals surface area contributed by atoms with Crippen molar-refractivity contribution in [2.75, 3.05) is 19.7 Å². The van der Waals surface area contributed by atoms with Crippen LogP contribution in [0.4, 0.5) is 5.69 Å². The molecule has 130 valence electrons. The molecule has 0 saturated carbocycles. The number of hydrogen-bond acceptors (Lipinski definition) is 4. The molecular weight excluding hydrogens is 320 g/mol. The molecule has 0 radical (unpaired) electrons. The Bertz CT molecular complexity index is 748. The van der Waals surface area contributed by atoms with Gasteiger partial charge in [-0.05, 0) is 18.1 Å². The minimum atomic E-state index is -0.485. The molecule has 1 atom stereocenters. The van der Waals surface area contributed by atoms with E-state index in [1.807, 2.05) is 30.3 Å². The molecule has 1 fully saturated rings. The lowest BCUT2D eigenvalue weighted by Crippen LogP contribution is -2.29. The van der Waals surface area contributed by atoms with E-state index in [1.54, 1.807) is 17.0 Å². The summed E-state index contributed by atoms with van der Waals surface area (Å²) >= 11 is 0. The van der Waals surface area contributed by atoms with E-state index in [9.17, 15) is 14.9 Å². The molecule has 2 aromatic carbocycles. The van der Waals surface area contributed by atoms with E-state index < -0.39 is 4.92 Å². The van der Waals surface area contributed by atoms with Gasteiger partial charge in [-0.3, -0.25) is 14.9 Å². The van der Waals surface area contributed by atoms with Gasteiger partial charge in [0.25, 0.3) is 11.6 Å². The molecule has 0 bridgehead atoms. The number of benzene rings is 2. The smallest absolute Gasteiger partial charge is 0.270 e. The zero-order chi connectivity index (χ0) is 17.6. The normalized spacial score (nSPS) is 16.8. The van der Waals surface area contributed by atoms with Crippen molar-refractivity contribution in [3.8, 4) is 0 Å². The standard InChI is InChI=1S/C19H20N2O4/c22-19(17-7-4-8-18(11-17)21(23)24)20-10-9-16(12-20)14-25-13-15-5-2-1-3-6-15/h1-8,11,16H,9-10,12-14H2/t16-/m1/s1. The summed E-state index contributed by atoms with van der Waals surface area (Å²) in [5.41, 5.74) is 1.43. The molecule has 0 aromatic heterocycles. The molecule has 1 aliphatic rings. The van der Waals surface area contributed by atoms with E-state index in [1.165, 1.54) is 12.1 Å². The zero-order valence-corrected chi connectivity index (χ0v) is 13.8. The van der Waals surface area contributed by atoms with Crippen molar-refractivity contribution in [1.82, 2.24) is 4.90 Å². The van der Waals surface area contributed by atoms with Crippen LogP contribution in [-0.2, 0) is 11.3 Å². The Morgan fingerprint density at radius 3 is 2.76 bits per heavy atom. The van der Waals surface area contributed by atoms with Crippen molar-refractivity contribution in [2.24, 2.45) is 5.92 Å². The SMILES string of the molecule is O=C(c1cccc([N+](=O)[O-])c1)N1CC[C@@H](COCc2ccccc2)C1. The number of ether oxygens (including phenoxy) is 1. The number of amides is 1. The van der Waals surface area contributed by atoms with Crippen LogP contribution in [0.5, 0.6) is 0 Å². The molecule has 0 spiro atoms. The second-order valence-corrected chi connectivity index (χ2v) is 6.21. The molecule has 1 aliphatic heterocycles. The van der Waals surface area contributed by atoms with E-state index in [2.05, 4.69) is 0 Å². The average Bonchev–Trinajstić information content (AvgIpc) is 3.11. The molecule has 3 rings (SSSR count). The first-order valence-electron chi connectivity index (χ1n) is 8.29. The Hall–Kier alpha value is -2.73. The lowest BCUT2D eigenvalue weighted by molar-refractivity contribution is -0.384. The molecule has 25 heavy (non-hydrogen) atoms. The average molecular weight is 340 g/mol. The van der Waals surface area contributed by atoms with Gasteiger partial charge in [-0.2, -0.15) is 0 Å². The largest absolute Gasteiger partial charge is 0.376 e. The van der Waals surface area contributed by atoms with Crippen LogP contribution in [0.2, 0.25) is 0 Å². The van der Waals surface area contributed by atoms with Crippen molar-refractivity contribution >= 4 is 11.6 Å². The summed E-state index contributed by atoms with van der Waals surface area (Å²) in [6.07, 6.45) is 0.884. The van der Waals surface area contributed by atoms with Gasteiger partial charge >= 0.3 is 0 Å². The second-order valence-electron chi connectivity index (χ2n) is 6.21. The highest BCUT2D eigenvalue weighted by atomic mass is 16.6. The summed E-state index contributed by atoms with van der Waals surface area (Å²) in [7, 11) is 0. The summed E-state index contributed by atoms with van der Waals surface area (Å²) in [5.74, 6) is 0.139. The highest BCUT2D eigenvalue weighted by Crippen LogP contribution is 2.21. The topological polar surface area (TPSA) is 72.7 Å². The van der Waals surface area contributed by atoms with Crippen LogP contribution in [0.1, 0.15) is 22.3 Å². The third-order valence-corrected chi connectivity index (χ3v) is 4.34. The third-order valence-electron chi connectivity index (χ3n) is 4.34. The van der Waals surface area contributed by atoms with Crippen LogP contribution < -0.4 is 0 Å². The number of carbonyl (C=O) groups is 1. The highest BCUT2D eigenvalue weighted by Gasteiger charge is 2.27. The maximum absolute atomic E-state index is 12.5. The molecule has 1 saturated heterocycles. The number of rotatable bonds is 6. The van der Waals surface area contributed by atoms with Crippen LogP contribution in [-0.4, -0.2) is 35.4 Å². The van der Waals surface area contributed by atoms with Crippen LogP contribution in [0, 0.1) is 16.0 Å². The van der Waals surface area contributed by atoms with Gasteiger partial charge in [-0.1, -0.05) is 36.4 Å². The van der Waals surface area contributed by atoms with Gasteiger partial charge in [0.05, 0.1) is 18.1 Å². The second kappa shape index (κ2) is 7.90. The number of non-ortho nitro benzene ring substituents is 1.